The lowest BCUT2D eigenvalue weighted by Crippen LogP contribution is -2.42. The van der Waals surface area contributed by atoms with Crippen molar-refractivity contribution >= 4 is 0 Å². The Morgan fingerprint density at radius 1 is 1.35 bits per heavy atom. The summed E-state index contributed by atoms with van der Waals surface area (Å²) in [6.07, 6.45) is 5.53. The monoisotopic (exact) mass is 242 g/mol. The molecule has 2 atom stereocenters. The number of likely N-dealkylation sites (N-methyl/N-ethyl adjacent to an activating group) is 1. The highest BCUT2D eigenvalue weighted by molar-refractivity contribution is 4.73. The number of ether oxygens (including phenoxy) is 1. The topological polar surface area (TPSA) is 24.5 Å². The maximum atomic E-state index is 5.64. The van der Waals surface area contributed by atoms with Crippen LogP contribution in [0.3, 0.4) is 0 Å². The maximum absolute atomic E-state index is 5.64. The Hall–Kier alpha value is -0.120. The maximum Gasteiger partial charge on any atom is 0.0576 e. The van der Waals surface area contributed by atoms with Crippen molar-refractivity contribution < 1.29 is 4.74 Å². The Bertz CT molecular complexity index is 189. The first-order valence-corrected chi connectivity index (χ1v) is 7.09. The van der Waals surface area contributed by atoms with Crippen molar-refractivity contribution in [3.8, 4) is 0 Å². The average molecular weight is 242 g/mol. The third kappa shape index (κ3) is 6.39. The summed E-state index contributed by atoms with van der Waals surface area (Å²) in [5.74, 6) is 0.695. The molecule has 1 heterocycles. The molecule has 0 amide bonds. The van der Waals surface area contributed by atoms with Gasteiger partial charge in [0.25, 0.3) is 0 Å². The molecule has 0 aliphatic carbocycles. The molecule has 1 fully saturated rings. The SMILES string of the molecule is CC(C)C(CN(C)C)NCCCC1CCCO1. The van der Waals surface area contributed by atoms with Crippen molar-refractivity contribution in [3.63, 3.8) is 0 Å². The Labute approximate surface area is 107 Å². The van der Waals surface area contributed by atoms with E-state index < -0.39 is 0 Å². The minimum absolute atomic E-state index is 0.545. The van der Waals surface area contributed by atoms with E-state index in [0.717, 1.165) is 19.7 Å². The molecule has 1 rings (SSSR count). The molecule has 0 radical (unpaired) electrons. The number of hydrogen-bond acceptors (Lipinski definition) is 3. The van der Waals surface area contributed by atoms with Crippen LogP contribution in [-0.4, -0.2) is 50.8 Å². The summed E-state index contributed by atoms with van der Waals surface area (Å²) in [5, 5.41) is 3.68. The van der Waals surface area contributed by atoms with Crippen LogP contribution in [0.1, 0.15) is 39.5 Å². The van der Waals surface area contributed by atoms with Crippen molar-refractivity contribution in [2.75, 3.05) is 33.8 Å². The molecule has 3 nitrogen and oxygen atoms in total. The summed E-state index contributed by atoms with van der Waals surface area (Å²) < 4.78 is 5.64. The zero-order valence-electron chi connectivity index (χ0n) is 12.0. The van der Waals surface area contributed by atoms with Crippen LogP contribution in [0.15, 0.2) is 0 Å². The van der Waals surface area contributed by atoms with E-state index in [-0.39, 0.29) is 0 Å². The molecule has 1 N–H and O–H groups in total. The van der Waals surface area contributed by atoms with Crippen molar-refractivity contribution in [3.05, 3.63) is 0 Å². The molecule has 17 heavy (non-hydrogen) atoms. The molecular formula is C14H30N2O. The van der Waals surface area contributed by atoms with E-state index in [1.54, 1.807) is 0 Å². The molecule has 0 aromatic rings. The molecule has 1 aliphatic rings. The van der Waals surface area contributed by atoms with Crippen LogP contribution >= 0.6 is 0 Å². The van der Waals surface area contributed by atoms with E-state index in [9.17, 15) is 0 Å². The summed E-state index contributed by atoms with van der Waals surface area (Å²) in [5.41, 5.74) is 0. The van der Waals surface area contributed by atoms with Crippen LogP contribution in [0.5, 0.6) is 0 Å². The summed E-state index contributed by atoms with van der Waals surface area (Å²) >= 11 is 0. The van der Waals surface area contributed by atoms with Gasteiger partial charge in [-0.1, -0.05) is 13.8 Å². The molecule has 0 saturated carbocycles. The van der Waals surface area contributed by atoms with Crippen molar-refractivity contribution in [1.29, 1.82) is 0 Å². The summed E-state index contributed by atoms with van der Waals surface area (Å²) in [6.45, 7) is 7.81. The lowest BCUT2D eigenvalue weighted by atomic mass is 10.0. The summed E-state index contributed by atoms with van der Waals surface area (Å²) in [4.78, 5) is 2.26. The van der Waals surface area contributed by atoms with Gasteiger partial charge in [-0.3, -0.25) is 0 Å². The van der Waals surface area contributed by atoms with Gasteiger partial charge < -0.3 is 15.0 Å². The predicted octanol–water partition coefficient (Wildman–Crippen LogP) is 2.12. The van der Waals surface area contributed by atoms with Gasteiger partial charge >= 0.3 is 0 Å². The second-order valence-electron chi connectivity index (χ2n) is 5.84. The number of rotatable bonds is 8. The lowest BCUT2D eigenvalue weighted by Gasteiger charge is -2.26. The highest BCUT2D eigenvalue weighted by Crippen LogP contribution is 2.16. The third-order valence-corrected chi connectivity index (χ3v) is 3.50. The zero-order chi connectivity index (χ0) is 12.7. The van der Waals surface area contributed by atoms with Gasteiger partial charge in [0.05, 0.1) is 6.10 Å². The highest BCUT2D eigenvalue weighted by atomic mass is 16.5. The van der Waals surface area contributed by atoms with E-state index in [2.05, 4.69) is 38.2 Å². The van der Waals surface area contributed by atoms with Gasteiger partial charge in [0.15, 0.2) is 0 Å². The van der Waals surface area contributed by atoms with E-state index in [1.165, 1.54) is 25.7 Å². The lowest BCUT2D eigenvalue weighted by molar-refractivity contribution is 0.102. The van der Waals surface area contributed by atoms with Crippen molar-refractivity contribution in [2.24, 2.45) is 5.92 Å². The molecule has 3 heteroatoms. The molecule has 0 aromatic heterocycles. The van der Waals surface area contributed by atoms with Gasteiger partial charge in [-0.05, 0) is 52.2 Å². The van der Waals surface area contributed by atoms with Crippen LogP contribution in [0.2, 0.25) is 0 Å². The molecule has 2 unspecified atom stereocenters. The first-order valence-electron chi connectivity index (χ1n) is 7.09. The van der Waals surface area contributed by atoms with Crippen LogP contribution in [0, 0.1) is 5.92 Å². The van der Waals surface area contributed by atoms with Crippen LogP contribution in [-0.2, 0) is 4.74 Å². The Kier molecular flexibility index (Phi) is 7.09. The van der Waals surface area contributed by atoms with E-state index in [0.29, 0.717) is 18.1 Å². The second kappa shape index (κ2) is 8.06. The molecular weight excluding hydrogens is 212 g/mol. The second-order valence-corrected chi connectivity index (χ2v) is 5.84. The molecule has 1 saturated heterocycles. The van der Waals surface area contributed by atoms with E-state index >= 15 is 0 Å². The molecule has 1 aliphatic heterocycles. The molecule has 102 valence electrons. The standard InChI is InChI=1S/C14H30N2O/c1-12(2)14(11-16(3)4)15-9-5-7-13-8-6-10-17-13/h12-15H,5-11H2,1-4H3. The number of nitrogens with zero attached hydrogens (tertiary/aromatic N) is 1. The summed E-state index contributed by atoms with van der Waals surface area (Å²) in [7, 11) is 4.28. The van der Waals surface area contributed by atoms with Crippen LogP contribution in [0.25, 0.3) is 0 Å². The fraction of sp³-hybridized carbons (Fsp3) is 1.00. The van der Waals surface area contributed by atoms with E-state index in [1.807, 2.05) is 0 Å². The number of hydrogen-bond donors (Lipinski definition) is 1. The first-order chi connectivity index (χ1) is 8.09. The fourth-order valence-electron chi connectivity index (χ4n) is 2.39. The minimum Gasteiger partial charge on any atom is -0.378 e. The quantitative estimate of drug-likeness (QED) is 0.660. The van der Waals surface area contributed by atoms with Gasteiger partial charge in [-0.15, -0.1) is 0 Å². The number of nitrogens with one attached hydrogen (secondary N) is 1. The molecule has 0 aromatic carbocycles. The van der Waals surface area contributed by atoms with Gasteiger partial charge in [0.1, 0.15) is 0 Å². The van der Waals surface area contributed by atoms with Gasteiger partial charge in [0, 0.05) is 19.2 Å². The average Bonchev–Trinajstić information content (AvgIpc) is 2.74. The van der Waals surface area contributed by atoms with Gasteiger partial charge in [-0.2, -0.15) is 0 Å². The van der Waals surface area contributed by atoms with Crippen LogP contribution in [0.4, 0.5) is 0 Å². The molecule has 0 bridgehead atoms. The minimum atomic E-state index is 0.545. The fourth-order valence-corrected chi connectivity index (χ4v) is 2.39. The van der Waals surface area contributed by atoms with Gasteiger partial charge in [0.2, 0.25) is 0 Å². The summed E-state index contributed by atoms with van der Waals surface area (Å²) in [6, 6.07) is 0.606. The largest absolute Gasteiger partial charge is 0.378 e. The smallest absolute Gasteiger partial charge is 0.0576 e. The zero-order valence-corrected chi connectivity index (χ0v) is 12.0. The van der Waals surface area contributed by atoms with Crippen molar-refractivity contribution in [1.82, 2.24) is 10.2 Å². The Balaban J connectivity index is 2.09. The van der Waals surface area contributed by atoms with E-state index in [4.69, 9.17) is 4.74 Å². The predicted molar refractivity (Wildman–Crippen MR) is 73.4 cm³/mol. The third-order valence-electron chi connectivity index (χ3n) is 3.50. The molecule has 0 spiro atoms. The Morgan fingerprint density at radius 3 is 2.65 bits per heavy atom. The van der Waals surface area contributed by atoms with Gasteiger partial charge in [-0.25, -0.2) is 0 Å². The normalized spacial score (nSPS) is 22.6. The Morgan fingerprint density at radius 2 is 2.12 bits per heavy atom. The first kappa shape index (κ1) is 14.9. The van der Waals surface area contributed by atoms with Crippen LogP contribution < -0.4 is 5.32 Å². The van der Waals surface area contributed by atoms with Crippen molar-refractivity contribution in [2.45, 2.75) is 51.7 Å². The highest BCUT2D eigenvalue weighted by Gasteiger charge is 2.16.